The van der Waals surface area contributed by atoms with E-state index in [-0.39, 0.29) is 0 Å². The number of hydrogen-bond acceptors (Lipinski definition) is 3. The van der Waals surface area contributed by atoms with Gasteiger partial charge in [-0.3, -0.25) is 0 Å². The van der Waals surface area contributed by atoms with E-state index in [4.69, 9.17) is 0 Å². The monoisotopic (exact) mass is 192 g/mol. The zero-order chi connectivity index (χ0) is 10.1. The zero-order valence-electron chi connectivity index (χ0n) is 8.62. The highest BCUT2D eigenvalue weighted by molar-refractivity contribution is 5.63. The number of aromatic hydroxyl groups is 1. The van der Waals surface area contributed by atoms with Gasteiger partial charge in [0.25, 0.3) is 0 Å². The van der Waals surface area contributed by atoms with Crippen LogP contribution < -0.4 is 5.32 Å². The van der Waals surface area contributed by atoms with Gasteiger partial charge in [-0.15, -0.1) is 0 Å². The first kappa shape index (κ1) is 9.34. The quantitative estimate of drug-likeness (QED) is 0.666. The minimum absolute atomic E-state index is 0.356. The van der Waals surface area contributed by atoms with Gasteiger partial charge in [-0.25, -0.2) is 0 Å². The van der Waals surface area contributed by atoms with Crippen LogP contribution in [-0.4, -0.2) is 30.6 Å². The molecule has 1 unspecified atom stereocenters. The van der Waals surface area contributed by atoms with Crippen LogP contribution in [0.4, 0.5) is 5.69 Å². The fourth-order valence-electron chi connectivity index (χ4n) is 2.05. The molecule has 0 saturated heterocycles. The van der Waals surface area contributed by atoms with Crippen molar-refractivity contribution >= 4 is 5.69 Å². The van der Waals surface area contributed by atoms with Crippen molar-refractivity contribution < 1.29 is 5.11 Å². The fraction of sp³-hybridized carbons (Fsp3) is 0.455. The number of nitrogens with one attached hydrogen (secondary N) is 1. The largest absolute Gasteiger partial charge is 0.506 e. The Morgan fingerprint density at radius 1 is 1.43 bits per heavy atom. The number of phenols is 1. The Labute approximate surface area is 84.4 Å². The van der Waals surface area contributed by atoms with E-state index in [1.54, 1.807) is 6.07 Å². The number of hydrogen-bond donors (Lipinski definition) is 2. The molecule has 1 heterocycles. The average Bonchev–Trinajstić information content (AvgIpc) is 2.17. The molecule has 2 rings (SSSR count). The lowest BCUT2D eigenvalue weighted by Gasteiger charge is -2.31. The maximum absolute atomic E-state index is 9.67. The van der Waals surface area contributed by atoms with Crippen molar-refractivity contribution in [3.8, 4) is 5.75 Å². The van der Waals surface area contributed by atoms with Crippen molar-refractivity contribution in [3.05, 3.63) is 23.8 Å². The lowest BCUT2D eigenvalue weighted by Crippen LogP contribution is -2.27. The maximum Gasteiger partial charge on any atom is 0.139 e. The van der Waals surface area contributed by atoms with Crippen molar-refractivity contribution in [1.82, 2.24) is 4.90 Å². The van der Waals surface area contributed by atoms with E-state index < -0.39 is 0 Å². The predicted molar refractivity (Wildman–Crippen MR) is 57.6 cm³/mol. The highest BCUT2D eigenvalue weighted by atomic mass is 16.3. The summed E-state index contributed by atoms with van der Waals surface area (Å²) in [5.74, 6) is 0.356. The van der Waals surface area contributed by atoms with Crippen molar-refractivity contribution in [1.29, 1.82) is 0 Å². The normalized spacial score (nSPS) is 20.4. The number of rotatable bonds is 1. The van der Waals surface area contributed by atoms with Gasteiger partial charge in [0.2, 0.25) is 0 Å². The second-order valence-electron chi connectivity index (χ2n) is 3.94. The molecule has 0 saturated carbocycles. The summed E-state index contributed by atoms with van der Waals surface area (Å²) < 4.78 is 0. The molecule has 3 heteroatoms. The molecule has 76 valence electrons. The van der Waals surface area contributed by atoms with Gasteiger partial charge in [0.15, 0.2) is 0 Å². The molecule has 0 amide bonds. The smallest absolute Gasteiger partial charge is 0.139 e. The molecule has 1 atom stereocenters. The summed E-state index contributed by atoms with van der Waals surface area (Å²) in [6.07, 6.45) is 1.09. The third kappa shape index (κ3) is 1.44. The molecule has 0 aliphatic carbocycles. The van der Waals surface area contributed by atoms with Crippen molar-refractivity contribution in [2.75, 3.05) is 26.0 Å². The van der Waals surface area contributed by atoms with Crippen LogP contribution in [0.3, 0.4) is 0 Å². The van der Waals surface area contributed by atoms with Crippen molar-refractivity contribution in [3.63, 3.8) is 0 Å². The average molecular weight is 192 g/mol. The summed E-state index contributed by atoms with van der Waals surface area (Å²) in [7, 11) is 4.15. The van der Waals surface area contributed by atoms with E-state index in [9.17, 15) is 5.11 Å². The second-order valence-corrected chi connectivity index (χ2v) is 3.94. The third-order valence-corrected chi connectivity index (χ3v) is 2.78. The molecule has 0 spiro atoms. The molecule has 0 bridgehead atoms. The van der Waals surface area contributed by atoms with Crippen LogP contribution >= 0.6 is 0 Å². The lowest BCUT2D eigenvalue weighted by atomic mass is 9.96. The SMILES string of the molecule is CN(C)C1CCNc2c(O)cccc21. The van der Waals surface area contributed by atoms with Gasteiger partial charge in [-0.05, 0) is 32.1 Å². The molecule has 14 heavy (non-hydrogen) atoms. The maximum atomic E-state index is 9.67. The number of benzene rings is 1. The summed E-state index contributed by atoms with van der Waals surface area (Å²) in [6, 6.07) is 6.12. The van der Waals surface area contributed by atoms with Crippen LogP contribution in [0.2, 0.25) is 0 Å². The summed E-state index contributed by atoms with van der Waals surface area (Å²) >= 11 is 0. The zero-order valence-corrected chi connectivity index (χ0v) is 8.62. The van der Waals surface area contributed by atoms with Crippen LogP contribution in [0, 0.1) is 0 Å². The Bertz CT molecular complexity index is 336. The summed E-state index contributed by atoms with van der Waals surface area (Å²) in [5, 5.41) is 12.9. The number of nitrogens with zero attached hydrogens (tertiary/aromatic N) is 1. The van der Waals surface area contributed by atoms with Gasteiger partial charge in [-0.1, -0.05) is 12.1 Å². The topological polar surface area (TPSA) is 35.5 Å². The number of phenolic OH excluding ortho intramolecular Hbond substituents is 1. The molecule has 0 aromatic heterocycles. The Morgan fingerprint density at radius 2 is 2.21 bits per heavy atom. The van der Waals surface area contributed by atoms with Crippen LogP contribution in [0.25, 0.3) is 0 Å². The van der Waals surface area contributed by atoms with Gasteiger partial charge < -0.3 is 15.3 Å². The fourth-order valence-corrected chi connectivity index (χ4v) is 2.05. The lowest BCUT2D eigenvalue weighted by molar-refractivity contribution is 0.284. The second kappa shape index (κ2) is 3.50. The Hall–Kier alpha value is -1.22. The summed E-state index contributed by atoms with van der Waals surface area (Å²) in [6.45, 7) is 0.924. The highest BCUT2D eigenvalue weighted by Gasteiger charge is 2.23. The minimum atomic E-state index is 0.356. The van der Waals surface area contributed by atoms with Gasteiger partial charge in [0.1, 0.15) is 5.75 Å². The van der Waals surface area contributed by atoms with Crippen LogP contribution in [0.15, 0.2) is 18.2 Å². The molecular formula is C11H16N2O. The molecule has 1 aromatic carbocycles. The first-order valence-corrected chi connectivity index (χ1v) is 4.92. The van der Waals surface area contributed by atoms with Crippen LogP contribution in [0.1, 0.15) is 18.0 Å². The third-order valence-electron chi connectivity index (χ3n) is 2.78. The summed E-state index contributed by atoms with van der Waals surface area (Å²) in [4.78, 5) is 2.19. The summed E-state index contributed by atoms with van der Waals surface area (Å²) in [5.41, 5.74) is 2.10. The van der Waals surface area contributed by atoms with E-state index in [2.05, 4.69) is 30.4 Å². The molecular weight excluding hydrogens is 176 g/mol. The molecule has 1 aromatic rings. The van der Waals surface area contributed by atoms with Gasteiger partial charge in [0.05, 0.1) is 5.69 Å². The Kier molecular flexibility index (Phi) is 2.33. The first-order chi connectivity index (χ1) is 6.70. The van der Waals surface area contributed by atoms with E-state index >= 15 is 0 Å². The predicted octanol–water partition coefficient (Wildman–Crippen LogP) is 1.81. The van der Waals surface area contributed by atoms with E-state index in [0.717, 1.165) is 18.7 Å². The van der Waals surface area contributed by atoms with Gasteiger partial charge >= 0.3 is 0 Å². The molecule has 2 N–H and O–H groups in total. The molecule has 1 aliphatic rings. The Balaban J connectivity index is 2.44. The molecule has 1 aliphatic heterocycles. The van der Waals surface area contributed by atoms with Gasteiger partial charge in [-0.2, -0.15) is 0 Å². The first-order valence-electron chi connectivity index (χ1n) is 4.92. The number of fused-ring (bicyclic) bond motifs is 1. The van der Waals surface area contributed by atoms with E-state index in [1.807, 2.05) is 6.07 Å². The highest BCUT2D eigenvalue weighted by Crippen LogP contribution is 2.37. The van der Waals surface area contributed by atoms with E-state index in [0.29, 0.717) is 11.8 Å². The molecule has 3 nitrogen and oxygen atoms in total. The minimum Gasteiger partial charge on any atom is -0.506 e. The van der Waals surface area contributed by atoms with Crippen LogP contribution in [-0.2, 0) is 0 Å². The van der Waals surface area contributed by atoms with Gasteiger partial charge in [0, 0.05) is 12.6 Å². The van der Waals surface area contributed by atoms with Crippen molar-refractivity contribution in [2.24, 2.45) is 0 Å². The number of anilines is 1. The standard InChI is InChI=1S/C11H16N2O/c1-13(2)9-6-7-12-11-8(9)4-3-5-10(11)14/h3-5,9,12,14H,6-7H2,1-2H3. The number of para-hydroxylation sites is 1. The van der Waals surface area contributed by atoms with E-state index in [1.165, 1.54) is 5.56 Å². The Morgan fingerprint density at radius 3 is 2.93 bits per heavy atom. The molecule has 0 radical (unpaired) electrons. The van der Waals surface area contributed by atoms with Crippen LogP contribution in [0.5, 0.6) is 5.75 Å². The molecule has 0 fully saturated rings. The van der Waals surface area contributed by atoms with Crippen molar-refractivity contribution in [2.45, 2.75) is 12.5 Å².